The average Bonchev–Trinajstić information content (AvgIpc) is 3.05. The van der Waals surface area contributed by atoms with Crippen LogP contribution in [-0.4, -0.2) is 27.3 Å². The van der Waals surface area contributed by atoms with Crippen molar-refractivity contribution in [1.82, 2.24) is 9.97 Å². The van der Waals surface area contributed by atoms with E-state index in [9.17, 15) is 14.4 Å². The van der Waals surface area contributed by atoms with Crippen LogP contribution in [0, 0.1) is 19.8 Å². The molecule has 4 rings (SSSR count). The number of rotatable bonds is 7. The average molecular weight is 495 g/mol. The SMILES string of the molecule is Cc1cc(-c2ncc(Cl)cn2)cc(C)c1C1C(=O)CC(CC(=O)CCc2cccc(Cl)c2)C1=O. The molecule has 1 aromatic heterocycles. The fourth-order valence-electron chi connectivity index (χ4n) is 4.71. The third kappa shape index (κ3) is 5.26. The lowest BCUT2D eigenvalue weighted by molar-refractivity contribution is -0.127. The molecule has 0 saturated heterocycles. The lowest BCUT2D eigenvalue weighted by Gasteiger charge is -2.17. The lowest BCUT2D eigenvalue weighted by atomic mass is 9.85. The minimum absolute atomic E-state index is 0.0181. The summed E-state index contributed by atoms with van der Waals surface area (Å²) < 4.78 is 0. The fraction of sp³-hybridized carbons (Fsp3) is 0.296. The number of aromatic nitrogens is 2. The van der Waals surface area contributed by atoms with Gasteiger partial charge >= 0.3 is 0 Å². The van der Waals surface area contributed by atoms with Crippen molar-refractivity contribution in [3.05, 3.63) is 81.1 Å². The predicted molar refractivity (Wildman–Crippen MR) is 132 cm³/mol. The summed E-state index contributed by atoms with van der Waals surface area (Å²) in [5.74, 6) is -1.18. The molecular formula is C27H24Cl2N2O3. The van der Waals surface area contributed by atoms with Gasteiger partial charge < -0.3 is 0 Å². The second-order valence-corrected chi connectivity index (χ2v) is 9.70. The van der Waals surface area contributed by atoms with Gasteiger partial charge in [0.05, 0.1) is 5.02 Å². The van der Waals surface area contributed by atoms with Crippen molar-refractivity contribution >= 4 is 40.6 Å². The molecule has 2 aromatic carbocycles. The van der Waals surface area contributed by atoms with Gasteiger partial charge in [-0.2, -0.15) is 0 Å². The van der Waals surface area contributed by atoms with Crippen LogP contribution in [0.2, 0.25) is 10.0 Å². The first-order valence-electron chi connectivity index (χ1n) is 11.1. The summed E-state index contributed by atoms with van der Waals surface area (Å²) >= 11 is 11.9. The molecule has 1 aliphatic carbocycles. The molecule has 2 atom stereocenters. The molecule has 3 aromatic rings. The number of aryl methyl sites for hydroxylation is 3. The van der Waals surface area contributed by atoms with Crippen LogP contribution >= 0.6 is 23.2 Å². The van der Waals surface area contributed by atoms with Crippen molar-refractivity contribution in [1.29, 1.82) is 0 Å². The second kappa shape index (κ2) is 10.2. The summed E-state index contributed by atoms with van der Waals surface area (Å²) in [6.45, 7) is 3.76. The second-order valence-electron chi connectivity index (χ2n) is 8.82. The van der Waals surface area contributed by atoms with E-state index in [-0.39, 0.29) is 30.2 Å². The standard InChI is InChI=1S/C27H24Cl2N2O3/c1-15-8-19(27-30-13-21(29)14-31-27)9-16(2)24(15)25-23(33)12-18(26(25)34)11-22(32)7-6-17-4-3-5-20(28)10-17/h3-5,8-10,13-14,18,25H,6-7,11-12H2,1-2H3. The van der Waals surface area contributed by atoms with Gasteiger partial charge in [0.2, 0.25) is 0 Å². The highest BCUT2D eigenvalue weighted by molar-refractivity contribution is 6.30. The van der Waals surface area contributed by atoms with Crippen LogP contribution < -0.4 is 0 Å². The number of nitrogens with zero attached hydrogens (tertiary/aromatic N) is 2. The van der Waals surface area contributed by atoms with Crippen LogP contribution in [0.3, 0.4) is 0 Å². The van der Waals surface area contributed by atoms with Crippen LogP contribution in [0.25, 0.3) is 11.4 Å². The van der Waals surface area contributed by atoms with Crippen LogP contribution in [0.1, 0.15) is 47.4 Å². The first-order chi connectivity index (χ1) is 16.2. The van der Waals surface area contributed by atoms with Crippen LogP contribution in [0.5, 0.6) is 0 Å². The molecule has 1 saturated carbocycles. The van der Waals surface area contributed by atoms with Crippen LogP contribution in [0.15, 0.2) is 48.8 Å². The smallest absolute Gasteiger partial charge is 0.159 e. The van der Waals surface area contributed by atoms with Gasteiger partial charge in [0.15, 0.2) is 11.6 Å². The summed E-state index contributed by atoms with van der Waals surface area (Å²) in [5.41, 5.74) is 4.15. The maximum absolute atomic E-state index is 13.2. The van der Waals surface area contributed by atoms with Gasteiger partial charge in [-0.25, -0.2) is 9.97 Å². The molecule has 0 radical (unpaired) electrons. The highest BCUT2D eigenvalue weighted by Gasteiger charge is 2.43. The molecule has 1 heterocycles. The summed E-state index contributed by atoms with van der Waals surface area (Å²) in [5, 5.41) is 1.08. The molecule has 174 valence electrons. The Morgan fingerprint density at radius 1 is 1.00 bits per heavy atom. The highest BCUT2D eigenvalue weighted by Crippen LogP contribution is 2.38. The summed E-state index contributed by atoms with van der Waals surface area (Å²) in [6.07, 6.45) is 4.13. The van der Waals surface area contributed by atoms with E-state index < -0.39 is 11.8 Å². The molecule has 2 unspecified atom stereocenters. The Morgan fingerprint density at radius 3 is 2.32 bits per heavy atom. The van der Waals surface area contributed by atoms with Crippen molar-refractivity contribution in [3.8, 4) is 11.4 Å². The van der Waals surface area contributed by atoms with E-state index >= 15 is 0 Å². The maximum atomic E-state index is 13.2. The number of carbonyl (C=O) groups excluding carboxylic acids is 3. The fourth-order valence-corrected chi connectivity index (χ4v) is 5.02. The molecule has 5 nitrogen and oxygen atoms in total. The molecular weight excluding hydrogens is 471 g/mol. The van der Waals surface area contributed by atoms with E-state index in [1.54, 1.807) is 6.07 Å². The van der Waals surface area contributed by atoms with Gasteiger partial charge in [-0.15, -0.1) is 0 Å². The van der Waals surface area contributed by atoms with Crippen molar-refractivity contribution in [3.63, 3.8) is 0 Å². The Kier molecular flexibility index (Phi) is 7.24. The molecule has 7 heteroatoms. The Hall–Kier alpha value is -2.89. The minimum atomic E-state index is -0.828. The van der Waals surface area contributed by atoms with Crippen molar-refractivity contribution in [2.24, 2.45) is 5.92 Å². The van der Waals surface area contributed by atoms with Crippen molar-refractivity contribution < 1.29 is 14.4 Å². The zero-order valence-corrected chi connectivity index (χ0v) is 20.5. The summed E-state index contributed by atoms with van der Waals surface area (Å²) in [6, 6.07) is 11.2. The number of hydrogen-bond acceptors (Lipinski definition) is 5. The number of benzene rings is 2. The van der Waals surface area contributed by atoms with E-state index in [0.717, 1.165) is 27.8 Å². The number of hydrogen-bond donors (Lipinski definition) is 0. The number of Topliss-reactive ketones (excluding diaryl/α,β-unsaturated/α-hetero) is 3. The molecule has 34 heavy (non-hydrogen) atoms. The van der Waals surface area contributed by atoms with Crippen LogP contribution in [0.4, 0.5) is 0 Å². The van der Waals surface area contributed by atoms with E-state index in [4.69, 9.17) is 23.2 Å². The Labute approximate surface area is 208 Å². The Bertz CT molecular complexity index is 1250. The number of ketones is 3. The Morgan fingerprint density at radius 2 is 1.68 bits per heavy atom. The molecule has 0 spiro atoms. The van der Waals surface area contributed by atoms with Crippen LogP contribution in [-0.2, 0) is 20.8 Å². The predicted octanol–water partition coefficient (Wildman–Crippen LogP) is 5.90. The summed E-state index contributed by atoms with van der Waals surface area (Å²) in [7, 11) is 0. The van der Waals surface area contributed by atoms with Crippen molar-refractivity contribution in [2.75, 3.05) is 0 Å². The molecule has 0 aliphatic heterocycles. The van der Waals surface area contributed by atoms with E-state index in [2.05, 4.69) is 9.97 Å². The molecule has 1 aliphatic rings. The summed E-state index contributed by atoms with van der Waals surface area (Å²) in [4.78, 5) is 47.2. The van der Waals surface area contributed by atoms with E-state index in [1.165, 1.54) is 12.4 Å². The molecule has 0 bridgehead atoms. The van der Waals surface area contributed by atoms with E-state index in [1.807, 2.05) is 44.2 Å². The zero-order chi connectivity index (χ0) is 24.4. The number of carbonyl (C=O) groups is 3. The monoisotopic (exact) mass is 494 g/mol. The van der Waals surface area contributed by atoms with Crippen molar-refractivity contribution in [2.45, 2.75) is 45.4 Å². The third-order valence-corrected chi connectivity index (χ3v) is 6.70. The van der Waals surface area contributed by atoms with Gasteiger partial charge in [-0.1, -0.05) is 35.3 Å². The highest BCUT2D eigenvalue weighted by atomic mass is 35.5. The molecule has 0 N–H and O–H groups in total. The quantitative estimate of drug-likeness (QED) is 0.382. The van der Waals surface area contributed by atoms with Gasteiger partial charge in [0.1, 0.15) is 17.5 Å². The van der Waals surface area contributed by atoms with Gasteiger partial charge in [0, 0.05) is 48.2 Å². The van der Waals surface area contributed by atoms with Gasteiger partial charge in [-0.3, -0.25) is 14.4 Å². The number of halogens is 2. The third-order valence-electron chi connectivity index (χ3n) is 6.27. The topological polar surface area (TPSA) is 77.0 Å². The maximum Gasteiger partial charge on any atom is 0.159 e. The zero-order valence-electron chi connectivity index (χ0n) is 19.0. The first-order valence-corrected chi connectivity index (χ1v) is 11.9. The molecule has 1 fully saturated rings. The van der Waals surface area contributed by atoms with E-state index in [0.29, 0.717) is 28.7 Å². The van der Waals surface area contributed by atoms with Gasteiger partial charge in [0.25, 0.3) is 0 Å². The first kappa shape index (κ1) is 24.2. The minimum Gasteiger partial charge on any atom is -0.300 e. The molecule has 0 amide bonds. The Balaban J connectivity index is 1.48. The normalized spacial score (nSPS) is 17.9. The van der Waals surface area contributed by atoms with Gasteiger partial charge in [-0.05, 0) is 66.8 Å². The lowest BCUT2D eigenvalue weighted by Crippen LogP contribution is -2.19. The largest absolute Gasteiger partial charge is 0.300 e.